The molecule has 2 heterocycles. The van der Waals surface area contributed by atoms with E-state index >= 15 is 0 Å². The van der Waals surface area contributed by atoms with Crippen molar-refractivity contribution in [3.05, 3.63) is 107 Å². The molecule has 37 heavy (non-hydrogen) atoms. The third-order valence-corrected chi connectivity index (χ3v) is 7.30. The lowest BCUT2D eigenvalue weighted by atomic mass is 10.1. The fraction of sp³-hybridized carbons (Fsp3) is 0.107. The molecule has 3 aromatic carbocycles. The summed E-state index contributed by atoms with van der Waals surface area (Å²) < 4.78 is 22.0. The first kappa shape index (κ1) is 25.3. The van der Waals surface area contributed by atoms with Gasteiger partial charge in [0.25, 0.3) is 5.91 Å². The van der Waals surface area contributed by atoms with Gasteiger partial charge >= 0.3 is 0 Å². The number of thiocarbonyl (C=S) groups is 1. The minimum Gasteiger partial charge on any atom is -0.489 e. The van der Waals surface area contributed by atoms with Gasteiger partial charge in [0, 0.05) is 35.2 Å². The summed E-state index contributed by atoms with van der Waals surface area (Å²) in [5.74, 6) is 0.723. The Morgan fingerprint density at radius 3 is 2.49 bits per heavy atom. The molecule has 4 aromatic rings. The molecule has 1 amide bonds. The molecule has 0 spiro atoms. The molecule has 1 aromatic heterocycles. The minimum absolute atomic E-state index is 0.126. The van der Waals surface area contributed by atoms with Crippen molar-refractivity contribution in [1.29, 1.82) is 0 Å². The molecule has 1 fully saturated rings. The van der Waals surface area contributed by atoms with E-state index < -0.39 is 0 Å². The molecule has 0 N–H and O–H groups in total. The maximum atomic E-state index is 13.9. The average molecular weight is 548 g/mol. The summed E-state index contributed by atoms with van der Waals surface area (Å²) in [6.07, 6.45) is 3.74. The van der Waals surface area contributed by atoms with Gasteiger partial charge in [-0.1, -0.05) is 60.4 Å². The second kappa shape index (κ2) is 11.3. The van der Waals surface area contributed by atoms with Crippen LogP contribution in [0.2, 0.25) is 0 Å². The number of para-hydroxylation sites is 1. The van der Waals surface area contributed by atoms with Gasteiger partial charge in [0.15, 0.2) is 0 Å². The van der Waals surface area contributed by atoms with Crippen molar-refractivity contribution >= 4 is 52.9 Å². The number of hydrogen-bond acceptors (Lipinski definition) is 6. The monoisotopic (exact) mass is 547 g/mol. The van der Waals surface area contributed by atoms with Crippen molar-refractivity contribution in [2.24, 2.45) is 0 Å². The number of amides is 1. The van der Waals surface area contributed by atoms with E-state index in [0.29, 0.717) is 38.5 Å². The number of thiol groups is 1. The van der Waals surface area contributed by atoms with E-state index in [2.05, 4.69) is 12.6 Å². The Bertz CT molecular complexity index is 1470. The van der Waals surface area contributed by atoms with Crippen molar-refractivity contribution in [2.45, 2.75) is 6.61 Å². The number of hydrogen-bond donors (Lipinski definition) is 1. The molecule has 5 nitrogen and oxygen atoms in total. The molecule has 0 radical (unpaired) electrons. The molecule has 0 saturated carbocycles. The largest absolute Gasteiger partial charge is 0.489 e. The fourth-order valence-corrected chi connectivity index (χ4v) is 5.35. The zero-order chi connectivity index (χ0) is 25.8. The van der Waals surface area contributed by atoms with E-state index in [1.165, 1.54) is 17.8 Å². The van der Waals surface area contributed by atoms with E-state index in [1.54, 1.807) is 27.8 Å². The Morgan fingerprint density at radius 2 is 1.76 bits per heavy atom. The molecular weight excluding hydrogens is 526 g/mol. The van der Waals surface area contributed by atoms with Crippen molar-refractivity contribution < 1.29 is 13.9 Å². The maximum absolute atomic E-state index is 13.9. The van der Waals surface area contributed by atoms with Crippen LogP contribution in [0.25, 0.3) is 23.0 Å². The van der Waals surface area contributed by atoms with E-state index in [-0.39, 0.29) is 18.3 Å². The lowest BCUT2D eigenvalue weighted by molar-refractivity contribution is -0.121. The zero-order valence-electron chi connectivity index (χ0n) is 19.6. The average Bonchev–Trinajstić information content (AvgIpc) is 3.46. The van der Waals surface area contributed by atoms with Crippen LogP contribution >= 0.6 is 36.6 Å². The molecule has 186 valence electrons. The highest BCUT2D eigenvalue weighted by atomic mass is 32.2. The van der Waals surface area contributed by atoms with E-state index in [9.17, 15) is 9.18 Å². The standard InChI is InChI=1S/C28H22FN3O2S3/c29-24-9-5-4-6-20(24)18-34-23-12-10-19(11-13-23)26-21(17-32(30-26)22-7-2-1-3-8-22)16-25-27(33)31(14-15-35)28(36)37-25/h1-13,16-17,35H,14-15,18H2/b25-16-. The van der Waals surface area contributed by atoms with Crippen LogP contribution in [0.4, 0.5) is 4.39 Å². The smallest absolute Gasteiger partial charge is 0.266 e. The van der Waals surface area contributed by atoms with Crippen LogP contribution in [-0.4, -0.2) is 37.2 Å². The first-order valence-corrected chi connectivity index (χ1v) is 13.4. The highest BCUT2D eigenvalue weighted by Crippen LogP contribution is 2.35. The normalized spacial score (nSPS) is 14.5. The van der Waals surface area contributed by atoms with Gasteiger partial charge in [-0.15, -0.1) is 0 Å². The molecular formula is C28H22FN3O2S3. The number of carbonyl (C=O) groups excluding carboxylic acids is 1. The number of halogens is 1. The minimum atomic E-state index is -0.296. The molecule has 0 unspecified atom stereocenters. The Labute approximate surface area is 229 Å². The second-order valence-corrected chi connectivity index (χ2v) is 10.3. The summed E-state index contributed by atoms with van der Waals surface area (Å²) in [5, 5.41) is 4.83. The van der Waals surface area contributed by atoms with E-state index in [0.717, 1.165) is 16.8 Å². The van der Waals surface area contributed by atoms with Gasteiger partial charge < -0.3 is 4.74 Å². The van der Waals surface area contributed by atoms with Crippen LogP contribution in [-0.2, 0) is 11.4 Å². The van der Waals surface area contributed by atoms with Crippen molar-refractivity contribution in [1.82, 2.24) is 14.7 Å². The fourth-order valence-electron chi connectivity index (χ4n) is 3.85. The van der Waals surface area contributed by atoms with Gasteiger partial charge in [-0.05, 0) is 48.5 Å². The third kappa shape index (κ3) is 5.64. The quantitative estimate of drug-likeness (QED) is 0.157. The van der Waals surface area contributed by atoms with Crippen molar-refractivity contribution in [3.63, 3.8) is 0 Å². The number of carbonyl (C=O) groups is 1. The van der Waals surface area contributed by atoms with Crippen LogP contribution in [0.1, 0.15) is 11.1 Å². The first-order valence-electron chi connectivity index (χ1n) is 11.5. The predicted octanol–water partition coefficient (Wildman–Crippen LogP) is 6.39. The lowest BCUT2D eigenvalue weighted by Crippen LogP contribution is -2.29. The number of rotatable bonds is 8. The summed E-state index contributed by atoms with van der Waals surface area (Å²) in [6, 6.07) is 23.8. The molecule has 0 bridgehead atoms. The van der Waals surface area contributed by atoms with E-state index in [4.69, 9.17) is 22.1 Å². The van der Waals surface area contributed by atoms with Crippen molar-refractivity contribution in [3.8, 4) is 22.7 Å². The predicted molar refractivity (Wildman–Crippen MR) is 153 cm³/mol. The number of benzene rings is 3. The topological polar surface area (TPSA) is 47.4 Å². The Balaban J connectivity index is 1.45. The van der Waals surface area contributed by atoms with Gasteiger partial charge in [-0.2, -0.15) is 17.7 Å². The molecule has 0 aliphatic carbocycles. The molecule has 5 rings (SSSR count). The summed E-state index contributed by atoms with van der Waals surface area (Å²) in [4.78, 5) is 15.1. The first-order chi connectivity index (χ1) is 18.0. The summed E-state index contributed by atoms with van der Waals surface area (Å²) >= 11 is 10.9. The zero-order valence-corrected chi connectivity index (χ0v) is 22.1. The number of aromatic nitrogens is 2. The van der Waals surface area contributed by atoms with Gasteiger partial charge in [0.2, 0.25) is 0 Å². The molecule has 0 atom stereocenters. The van der Waals surface area contributed by atoms with Gasteiger partial charge in [0.05, 0.1) is 16.3 Å². The number of nitrogens with zero attached hydrogens (tertiary/aromatic N) is 3. The Hall–Kier alpha value is -3.40. The van der Waals surface area contributed by atoms with Crippen LogP contribution in [0, 0.1) is 5.82 Å². The highest BCUT2D eigenvalue weighted by Gasteiger charge is 2.31. The van der Waals surface area contributed by atoms with Crippen LogP contribution in [0.3, 0.4) is 0 Å². The Morgan fingerprint density at radius 1 is 1.03 bits per heavy atom. The highest BCUT2D eigenvalue weighted by molar-refractivity contribution is 8.26. The molecule has 1 aliphatic rings. The number of thioether (sulfide) groups is 1. The Kier molecular flexibility index (Phi) is 7.73. The van der Waals surface area contributed by atoms with Gasteiger partial charge in [-0.3, -0.25) is 9.69 Å². The molecule has 9 heteroatoms. The van der Waals surface area contributed by atoms with Crippen LogP contribution in [0.15, 0.2) is 90.0 Å². The van der Waals surface area contributed by atoms with E-state index in [1.807, 2.05) is 66.9 Å². The van der Waals surface area contributed by atoms with Crippen molar-refractivity contribution in [2.75, 3.05) is 12.3 Å². The second-order valence-electron chi connectivity index (χ2n) is 8.17. The lowest BCUT2D eigenvalue weighted by Gasteiger charge is -2.11. The molecule has 1 aliphatic heterocycles. The maximum Gasteiger partial charge on any atom is 0.266 e. The van der Waals surface area contributed by atoms with Gasteiger partial charge in [-0.25, -0.2) is 9.07 Å². The summed E-state index contributed by atoms with van der Waals surface area (Å²) in [7, 11) is 0. The van der Waals surface area contributed by atoms with Crippen LogP contribution in [0.5, 0.6) is 5.75 Å². The SMILES string of the molecule is O=C1/C(=C/c2cn(-c3ccccc3)nc2-c2ccc(OCc3ccccc3F)cc2)SC(=S)N1CCS. The number of ether oxygens (including phenoxy) is 1. The molecule has 1 saturated heterocycles. The summed E-state index contributed by atoms with van der Waals surface area (Å²) in [6.45, 7) is 0.601. The van der Waals surface area contributed by atoms with Gasteiger partial charge in [0.1, 0.15) is 22.5 Å². The third-order valence-electron chi connectivity index (χ3n) is 5.73. The summed E-state index contributed by atoms with van der Waals surface area (Å²) in [5.41, 5.74) is 3.74. The van der Waals surface area contributed by atoms with Crippen LogP contribution < -0.4 is 4.74 Å².